The summed E-state index contributed by atoms with van der Waals surface area (Å²) in [6.07, 6.45) is -0.187. The number of rotatable bonds is 8. The van der Waals surface area contributed by atoms with Crippen LogP contribution in [0.25, 0.3) is 0 Å². The van der Waals surface area contributed by atoms with Crippen LogP contribution in [0.2, 0.25) is 0 Å². The summed E-state index contributed by atoms with van der Waals surface area (Å²) < 4.78 is 44.4. The monoisotopic (exact) mass is 504 g/mol. The molecule has 0 aliphatic carbocycles. The predicted octanol–water partition coefficient (Wildman–Crippen LogP) is 3.35. The molecule has 1 heterocycles. The number of sulfonamides is 1. The van der Waals surface area contributed by atoms with Crippen molar-refractivity contribution < 1.29 is 32.2 Å². The lowest BCUT2D eigenvalue weighted by Crippen LogP contribution is -2.48. The Kier molecular flexibility index (Phi) is 8.39. The highest BCUT2D eigenvalue weighted by atomic mass is 32.2. The van der Waals surface area contributed by atoms with Crippen molar-refractivity contribution in [2.24, 2.45) is 0 Å². The molecule has 35 heavy (non-hydrogen) atoms. The second kappa shape index (κ2) is 11.1. The maximum atomic E-state index is 13.7. The fourth-order valence-corrected chi connectivity index (χ4v) is 5.44. The number of ether oxygens (including phenoxy) is 3. The molecule has 1 N–H and O–H groups in total. The van der Waals surface area contributed by atoms with Crippen molar-refractivity contribution in [1.29, 1.82) is 0 Å². The first-order valence-corrected chi connectivity index (χ1v) is 12.8. The van der Waals surface area contributed by atoms with Gasteiger partial charge in [0.25, 0.3) is 0 Å². The first-order valence-electron chi connectivity index (χ1n) is 11.4. The number of benzene rings is 2. The zero-order chi connectivity index (χ0) is 25.6. The van der Waals surface area contributed by atoms with Crippen molar-refractivity contribution in [1.82, 2.24) is 4.31 Å². The first-order chi connectivity index (χ1) is 16.5. The van der Waals surface area contributed by atoms with E-state index in [0.29, 0.717) is 18.0 Å². The summed E-state index contributed by atoms with van der Waals surface area (Å²) in [5.41, 5.74) is 0.547. The molecule has 190 valence electrons. The summed E-state index contributed by atoms with van der Waals surface area (Å²) >= 11 is 0. The molecular formula is C25H32N2O7S. The first kappa shape index (κ1) is 26.5. The highest BCUT2D eigenvalue weighted by Gasteiger charge is 2.40. The Labute approximate surface area is 206 Å². The Morgan fingerprint density at radius 1 is 1.11 bits per heavy atom. The Hall–Kier alpha value is -3.11. The third-order valence-electron chi connectivity index (χ3n) is 5.31. The van der Waals surface area contributed by atoms with E-state index in [9.17, 15) is 18.0 Å². The van der Waals surface area contributed by atoms with E-state index in [2.05, 4.69) is 10.1 Å². The summed E-state index contributed by atoms with van der Waals surface area (Å²) in [5, 5.41) is 3.12. The molecule has 1 aliphatic heterocycles. The molecule has 2 aromatic carbocycles. The highest BCUT2D eigenvalue weighted by Crippen LogP contribution is 2.33. The highest BCUT2D eigenvalue weighted by molar-refractivity contribution is 7.89. The van der Waals surface area contributed by atoms with Gasteiger partial charge in [0, 0.05) is 25.6 Å². The molecular weight excluding hydrogens is 472 g/mol. The van der Waals surface area contributed by atoms with Crippen LogP contribution < -0.4 is 10.1 Å². The van der Waals surface area contributed by atoms with E-state index >= 15 is 0 Å². The SMILES string of the molecule is COC(=O)CC[C@H](C(=O)OC(C)(C)C)N1CCNc2cc(OCc3ccccc3)ccc2S1(=O)=O. The van der Waals surface area contributed by atoms with Crippen LogP contribution in [0.5, 0.6) is 5.75 Å². The number of hydrogen-bond acceptors (Lipinski definition) is 8. The van der Waals surface area contributed by atoms with Gasteiger partial charge in [-0.2, -0.15) is 4.31 Å². The predicted molar refractivity (Wildman–Crippen MR) is 130 cm³/mol. The number of fused-ring (bicyclic) bond motifs is 1. The lowest BCUT2D eigenvalue weighted by molar-refractivity contribution is -0.160. The molecule has 0 fully saturated rings. The minimum atomic E-state index is -4.10. The van der Waals surface area contributed by atoms with Crippen LogP contribution >= 0.6 is 0 Å². The van der Waals surface area contributed by atoms with Gasteiger partial charge in [0.1, 0.15) is 28.9 Å². The number of esters is 2. The third-order valence-corrected chi connectivity index (χ3v) is 7.28. The van der Waals surface area contributed by atoms with Crippen molar-refractivity contribution in [3.8, 4) is 5.75 Å². The van der Waals surface area contributed by atoms with Gasteiger partial charge in [-0.1, -0.05) is 30.3 Å². The molecule has 2 aromatic rings. The molecule has 0 bridgehead atoms. The third kappa shape index (κ3) is 6.95. The molecule has 0 aromatic heterocycles. The molecule has 0 saturated heterocycles. The molecule has 1 aliphatic rings. The lowest BCUT2D eigenvalue weighted by Gasteiger charge is -2.30. The topological polar surface area (TPSA) is 111 Å². The molecule has 0 spiro atoms. The second-order valence-corrected chi connectivity index (χ2v) is 11.0. The fraction of sp³-hybridized carbons (Fsp3) is 0.440. The van der Waals surface area contributed by atoms with Gasteiger partial charge in [0.05, 0.1) is 12.8 Å². The van der Waals surface area contributed by atoms with E-state index in [0.717, 1.165) is 9.87 Å². The maximum absolute atomic E-state index is 13.7. The van der Waals surface area contributed by atoms with Crippen LogP contribution in [0.4, 0.5) is 5.69 Å². The van der Waals surface area contributed by atoms with Crippen molar-refractivity contribution in [2.45, 2.75) is 56.8 Å². The smallest absolute Gasteiger partial charge is 0.324 e. The molecule has 0 amide bonds. The van der Waals surface area contributed by atoms with Crippen LogP contribution in [-0.2, 0) is 35.7 Å². The van der Waals surface area contributed by atoms with Crippen LogP contribution in [0, 0.1) is 0 Å². The molecule has 0 unspecified atom stereocenters. The van der Waals surface area contributed by atoms with E-state index < -0.39 is 33.6 Å². The molecule has 10 heteroatoms. The minimum Gasteiger partial charge on any atom is -0.489 e. The zero-order valence-corrected chi connectivity index (χ0v) is 21.3. The van der Waals surface area contributed by atoms with Gasteiger partial charge >= 0.3 is 11.9 Å². The van der Waals surface area contributed by atoms with Gasteiger partial charge in [-0.05, 0) is 44.9 Å². The van der Waals surface area contributed by atoms with Gasteiger partial charge in [-0.15, -0.1) is 0 Å². The maximum Gasteiger partial charge on any atom is 0.324 e. The van der Waals surface area contributed by atoms with Crippen molar-refractivity contribution in [3.63, 3.8) is 0 Å². The van der Waals surface area contributed by atoms with E-state index in [1.165, 1.54) is 13.2 Å². The number of nitrogens with one attached hydrogen (secondary N) is 1. The number of anilines is 1. The van der Waals surface area contributed by atoms with Crippen LogP contribution in [0.15, 0.2) is 53.4 Å². The summed E-state index contributed by atoms with van der Waals surface area (Å²) in [6.45, 7) is 5.72. The summed E-state index contributed by atoms with van der Waals surface area (Å²) in [7, 11) is -2.85. The van der Waals surface area contributed by atoms with Crippen molar-refractivity contribution >= 4 is 27.6 Å². The standard InChI is InChI=1S/C25H32N2O7S/c1-25(2,3)34-24(29)21(11-13-23(28)32-4)27-15-14-26-20-16-19(10-12-22(20)35(27,30)31)33-17-18-8-6-5-7-9-18/h5-10,12,16,21,26H,11,13-15,17H2,1-4H3/t21-/m1/s1. The van der Waals surface area contributed by atoms with E-state index in [4.69, 9.17) is 9.47 Å². The number of carbonyl (C=O) groups is 2. The Morgan fingerprint density at radius 3 is 2.49 bits per heavy atom. The normalized spacial score (nSPS) is 16.2. The van der Waals surface area contributed by atoms with Crippen molar-refractivity contribution in [2.75, 3.05) is 25.5 Å². The Balaban J connectivity index is 1.87. The fourth-order valence-electron chi connectivity index (χ4n) is 3.68. The molecule has 1 atom stereocenters. The largest absolute Gasteiger partial charge is 0.489 e. The summed E-state index contributed by atoms with van der Waals surface area (Å²) in [6, 6.07) is 13.1. The average molecular weight is 505 g/mol. The van der Waals surface area contributed by atoms with Gasteiger partial charge in [0.2, 0.25) is 10.0 Å². The molecule has 0 radical (unpaired) electrons. The minimum absolute atomic E-state index is 0.0162. The Bertz CT molecular complexity index is 1140. The summed E-state index contributed by atoms with van der Waals surface area (Å²) in [5.74, 6) is -0.737. The van der Waals surface area contributed by atoms with Crippen LogP contribution in [0.3, 0.4) is 0 Å². The number of carbonyl (C=O) groups excluding carboxylic acids is 2. The van der Waals surface area contributed by atoms with Gasteiger partial charge in [-0.3, -0.25) is 9.59 Å². The zero-order valence-electron chi connectivity index (χ0n) is 20.4. The second-order valence-electron chi connectivity index (χ2n) is 9.14. The van der Waals surface area contributed by atoms with Gasteiger partial charge in [0.15, 0.2) is 0 Å². The lowest BCUT2D eigenvalue weighted by atomic mass is 10.1. The molecule has 9 nitrogen and oxygen atoms in total. The van der Waals surface area contributed by atoms with Crippen LogP contribution in [0.1, 0.15) is 39.2 Å². The summed E-state index contributed by atoms with van der Waals surface area (Å²) in [4.78, 5) is 24.8. The molecule has 3 rings (SSSR count). The number of methoxy groups -OCH3 is 1. The number of hydrogen-bond donors (Lipinski definition) is 1. The van der Waals surface area contributed by atoms with Crippen molar-refractivity contribution in [3.05, 3.63) is 54.1 Å². The van der Waals surface area contributed by atoms with Gasteiger partial charge < -0.3 is 19.5 Å². The Morgan fingerprint density at radius 2 is 1.83 bits per heavy atom. The molecule has 0 saturated carbocycles. The average Bonchev–Trinajstić information content (AvgIpc) is 2.93. The number of nitrogens with zero attached hydrogens (tertiary/aromatic N) is 1. The van der Waals surface area contributed by atoms with Gasteiger partial charge in [-0.25, -0.2) is 8.42 Å². The quantitative estimate of drug-likeness (QED) is 0.545. The van der Waals surface area contributed by atoms with E-state index in [1.807, 2.05) is 30.3 Å². The van der Waals surface area contributed by atoms with E-state index in [1.54, 1.807) is 32.9 Å². The van der Waals surface area contributed by atoms with E-state index in [-0.39, 0.29) is 30.8 Å². The van der Waals surface area contributed by atoms with Crippen LogP contribution in [-0.4, -0.2) is 56.5 Å².